The lowest BCUT2D eigenvalue weighted by Crippen LogP contribution is -2.49. The number of amides is 1. The first-order valence-corrected chi connectivity index (χ1v) is 7.99. The molecule has 0 saturated carbocycles. The maximum absolute atomic E-state index is 12.2. The normalized spacial score (nSPS) is 20.1. The Hall–Kier alpha value is -0.0700. The van der Waals surface area contributed by atoms with Crippen LogP contribution < -0.4 is 5.32 Å². The molecule has 22 heavy (non-hydrogen) atoms. The van der Waals surface area contributed by atoms with Crippen molar-refractivity contribution in [2.75, 3.05) is 59.5 Å². The van der Waals surface area contributed by atoms with Gasteiger partial charge in [-0.15, -0.1) is 24.8 Å². The topological polar surface area (TPSA) is 44.8 Å². The fraction of sp³-hybridized carbons (Fsp3) is 0.933. The lowest BCUT2D eigenvalue weighted by atomic mass is 9.93. The molecule has 0 aromatic heterocycles. The van der Waals surface area contributed by atoms with Crippen LogP contribution in [0.1, 0.15) is 25.7 Å². The summed E-state index contributed by atoms with van der Waals surface area (Å²) in [4.78, 5) is 16.6. The Balaban J connectivity index is 0.00000220. The molecule has 2 aliphatic rings. The molecule has 0 aromatic carbocycles. The summed E-state index contributed by atoms with van der Waals surface area (Å²) in [6.07, 6.45) is 4.28. The standard InChI is InChI=1S/C15H29N3O2.2ClH/c1-20-13-12-17-8-10-18(11-9-17)15(19)3-2-14-4-6-16-7-5-14;;/h14,16H,2-13H2,1H3;2*1H. The predicted molar refractivity (Wildman–Crippen MR) is 94.2 cm³/mol. The number of methoxy groups -OCH3 is 1. The van der Waals surface area contributed by atoms with E-state index >= 15 is 0 Å². The lowest BCUT2D eigenvalue weighted by Gasteiger charge is -2.35. The van der Waals surface area contributed by atoms with Crippen molar-refractivity contribution in [3.8, 4) is 0 Å². The molecule has 5 nitrogen and oxygen atoms in total. The van der Waals surface area contributed by atoms with E-state index in [1.165, 1.54) is 12.8 Å². The number of carbonyl (C=O) groups excluding carboxylic acids is 1. The third kappa shape index (κ3) is 7.47. The van der Waals surface area contributed by atoms with Gasteiger partial charge in [0.2, 0.25) is 5.91 Å². The molecule has 0 atom stereocenters. The monoisotopic (exact) mass is 355 g/mol. The average molecular weight is 356 g/mol. The fourth-order valence-corrected chi connectivity index (χ4v) is 3.10. The van der Waals surface area contributed by atoms with Crippen LogP contribution in [-0.2, 0) is 9.53 Å². The average Bonchev–Trinajstić information content (AvgIpc) is 2.52. The minimum Gasteiger partial charge on any atom is -0.383 e. The lowest BCUT2D eigenvalue weighted by molar-refractivity contribution is -0.133. The number of hydrogen-bond acceptors (Lipinski definition) is 4. The van der Waals surface area contributed by atoms with Crippen molar-refractivity contribution in [1.29, 1.82) is 0 Å². The van der Waals surface area contributed by atoms with Crippen molar-refractivity contribution >= 4 is 30.7 Å². The van der Waals surface area contributed by atoms with Gasteiger partial charge in [0.25, 0.3) is 0 Å². The Morgan fingerprint density at radius 3 is 2.36 bits per heavy atom. The molecule has 0 spiro atoms. The molecule has 2 saturated heterocycles. The highest BCUT2D eigenvalue weighted by atomic mass is 35.5. The summed E-state index contributed by atoms with van der Waals surface area (Å²) >= 11 is 0. The Morgan fingerprint density at radius 1 is 1.14 bits per heavy atom. The van der Waals surface area contributed by atoms with E-state index in [-0.39, 0.29) is 24.8 Å². The van der Waals surface area contributed by atoms with Crippen LogP contribution in [0.5, 0.6) is 0 Å². The highest BCUT2D eigenvalue weighted by Gasteiger charge is 2.22. The summed E-state index contributed by atoms with van der Waals surface area (Å²) in [5, 5.41) is 3.38. The molecule has 2 aliphatic heterocycles. The van der Waals surface area contributed by atoms with Crippen LogP contribution in [0.3, 0.4) is 0 Å². The fourth-order valence-electron chi connectivity index (χ4n) is 3.10. The number of hydrogen-bond donors (Lipinski definition) is 1. The molecule has 0 radical (unpaired) electrons. The van der Waals surface area contributed by atoms with E-state index < -0.39 is 0 Å². The molecule has 132 valence electrons. The summed E-state index contributed by atoms with van der Waals surface area (Å²) in [5.41, 5.74) is 0. The molecule has 0 bridgehead atoms. The van der Waals surface area contributed by atoms with Gasteiger partial charge >= 0.3 is 0 Å². The number of nitrogens with one attached hydrogen (secondary N) is 1. The molecule has 0 aromatic rings. The summed E-state index contributed by atoms with van der Waals surface area (Å²) in [7, 11) is 1.74. The largest absolute Gasteiger partial charge is 0.383 e. The Labute approximate surface area is 146 Å². The van der Waals surface area contributed by atoms with Crippen molar-refractivity contribution in [3.05, 3.63) is 0 Å². The minimum atomic E-state index is 0. The van der Waals surface area contributed by atoms with Gasteiger partial charge in [-0.1, -0.05) is 0 Å². The van der Waals surface area contributed by atoms with Gasteiger partial charge in [0.05, 0.1) is 6.61 Å². The SMILES string of the molecule is COCCN1CCN(C(=O)CCC2CCNCC2)CC1.Cl.Cl. The molecule has 0 unspecified atom stereocenters. The van der Waals surface area contributed by atoms with Gasteiger partial charge in [0, 0.05) is 46.3 Å². The van der Waals surface area contributed by atoms with Crippen LogP contribution in [0.25, 0.3) is 0 Å². The van der Waals surface area contributed by atoms with Crippen molar-refractivity contribution in [2.45, 2.75) is 25.7 Å². The van der Waals surface area contributed by atoms with E-state index in [4.69, 9.17) is 4.74 Å². The van der Waals surface area contributed by atoms with Gasteiger partial charge in [-0.2, -0.15) is 0 Å². The molecule has 0 aliphatic carbocycles. The number of ether oxygens (including phenoxy) is 1. The first-order chi connectivity index (χ1) is 9.79. The Morgan fingerprint density at radius 2 is 1.77 bits per heavy atom. The van der Waals surface area contributed by atoms with Crippen LogP contribution in [0.15, 0.2) is 0 Å². The third-order valence-corrected chi connectivity index (χ3v) is 4.56. The zero-order valence-electron chi connectivity index (χ0n) is 13.6. The first kappa shape index (κ1) is 21.9. The second kappa shape index (κ2) is 12.4. The first-order valence-electron chi connectivity index (χ1n) is 7.99. The van der Waals surface area contributed by atoms with Crippen molar-refractivity contribution in [2.24, 2.45) is 5.92 Å². The maximum Gasteiger partial charge on any atom is 0.222 e. The Bertz CT molecular complexity index is 295. The molecular formula is C15H31Cl2N3O2. The number of halogens is 2. The maximum atomic E-state index is 12.2. The Kier molecular flexibility index (Phi) is 12.3. The molecule has 2 heterocycles. The summed E-state index contributed by atoms with van der Waals surface area (Å²) in [6.45, 7) is 7.75. The number of piperazine rings is 1. The van der Waals surface area contributed by atoms with Crippen LogP contribution in [0, 0.1) is 5.92 Å². The smallest absolute Gasteiger partial charge is 0.222 e. The highest BCUT2D eigenvalue weighted by Crippen LogP contribution is 2.18. The van der Waals surface area contributed by atoms with Crippen molar-refractivity contribution in [1.82, 2.24) is 15.1 Å². The van der Waals surface area contributed by atoms with Gasteiger partial charge in [0.1, 0.15) is 0 Å². The number of nitrogens with zero attached hydrogens (tertiary/aromatic N) is 2. The zero-order valence-corrected chi connectivity index (χ0v) is 15.2. The van der Waals surface area contributed by atoms with Crippen LogP contribution in [0.2, 0.25) is 0 Å². The van der Waals surface area contributed by atoms with Gasteiger partial charge in [-0.05, 0) is 38.3 Å². The van der Waals surface area contributed by atoms with E-state index in [0.717, 1.165) is 71.2 Å². The van der Waals surface area contributed by atoms with E-state index in [9.17, 15) is 4.79 Å². The summed E-state index contributed by atoms with van der Waals surface area (Å²) in [6, 6.07) is 0. The zero-order chi connectivity index (χ0) is 14.2. The van der Waals surface area contributed by atoms with Gasteiger partial charge in [-0.3, -0.25) is 9.69 Å². The second-order valence-corrected chi connectivity index (χ2v) is 5.95. The van der Waals surface area contributed by atoms with Gasteiger partial charge in [-0.25, -0.2) is 0 Å². The van der Waals surface area contributed by atoms with E-state index in [2.05, 4.69) is 10.2 Å². The number of rotatable bonds is 6. The molecular weight excluding hydrogens is 325 g/mol. The van der Waals surface area contributed by atoms with Crippen LogP contribution in [-0.4, -0.2) is 75.2 Å². The molecule has 1 amide bonds. The van der Waals surface area contributed by atoms with Crippen LogP contribution >= 0.6 is 24.8 Å². The number of carbonyl (C=O) groups is 1. The van der Waals surface area contributed by atoms with E-state index in [1.54, 1.807) is 7.11 Å². The predicted octanol–water partition coefficient (Wildman–Crippen LogP) is 1.40. The van der Waals surface area contributed by atoms with Crippen LogP contribution in [0.4, 0.5) is 0 Å². The van der Waals surface area contributed by atoms with E-state index in [0.29, 0.717) is 5.91 Å². The third-order valence-electron chi connectivity index (χ3n) is 4.56. The minimum absolute atomic E-state index is 0. The van der Waals surface area contributed by atoms with Gasteiger partial charge in [0.15, 0.2) is 0 Å². The molecule has 7 heteroatoms. The second-order valence-electron chi connectivity index (χ2n) is 5.95. The van der Waals surface area contributed by atoms with Crippen molar-refractivity contribution in [3.63, 3.8) is 0 Å². The molecule has 2 fully saturated rings. The summed E-state index contributed by atoms with van der Waals surface area (Å²) in [5.74, 6) is 1.11. The molecule has 1 N–H and O–H groups in total. The van der Waals surface area contributed by atoms with Crippen molar-refractivity contribution < 1.29 is 9.53 Å². The van der Waals surface area contributed by atoms with E-state index in [1.807, 2.05) is 4.90 Å². The quantitative estimate of drug-likeness (QED) is 0.782. The molecule has 2 rings (SSSR count). The van der Waals surface area contributed by atoms with Gasteiger partial charge < -0.3 is 15.0 Å². The summed E-state index contributed by atoms with van der Waals surface area (Å²) < 4.78 is 5.10. The number of piperidine rings is 1. The highest BCUT2D eigenvalue weighted by molar-refractivity contribution is 5.85.